The molecule has 4 heterocycles. The van der Waals surface area contributed by atoms with Gasteiger partial charge < -0.3 is 5.32 Å². The zero-order valence-electron chi connectivity index (χ0n) is 14.5. The molecule has 0 unspecified atom stereocenters. The third-order valence-corrected chi connectivity index (χ3v) is 5.62. The SMILES string of the molecule is O=C1CCCN1c1cc(-c2nsc(Nc3ccc4[nH]ncc4c3Cl)n2)ccn1. The number of benzene rings is 1. The van der Waals surface area contributed by atoms with E-state index in [9.17, 15) is 4.79 Å². The van der Waals surface area contributed by atoms with Crippen LogP contribution < -0.4 is 10.2 Å². The molecule has 1 fully saturated rings. The Bertz CT molecular complexity index is 1190. The minimum Gasteiger partial charge on any atom is -0.329 e. The lowest BCUT2D eigenvalue weighted by Crippen LogP contribution is -2.24. The Morgan fingerprint density at radius 1 is 1.29 bits per heavy atom. The van der Waals surface area contributed by atoms with Gasteiger partial charge in [-0.3, -0.25) is 14.8 Å². The van der Waals surface area contributed by atoms with Gasteiger partial charge in [0.25, 0.3) is 0 Å². The van der Waals surface area contributed by atoms with Crippen LogP contribution in [0.2, 0.25) is 5.02 Å². The molecule has 5 rings (SSSR count). The Kier molecular flexibility index (Phi) is 4.18. The number of hydrogen-bond donors (Lipinski definition) is 2. The Hall–Kier alpha value is -3.04. The highest BCUT2D eigenvalue weighted by Crippen LogP contribution is 2.33. The number of carbonyl (C=O) groups is 1. The molecular formula is C18H14ClN7OS. The number of carbonyl (C=O) groups excluding carboxylic acids is 1. The first-order chi connectivity index (χ1) is 13.7. The van der Waals surface area contributed by atoms with Crippen molar-refractivity contribution >= 4 is 56.6 Å². The fourth-order valence-corrected chi connectivity index (χ4v) is 4.04. The second-order valence-electron chi connectivity index (χ2n) is 6.36. The van der Waals surface area contributed by atoms with Gasteiger partial charge in [0.05, 0.1) is 22.4 Å². The molecule has 28 heavy (non-hydrogen) atoms. The van der Waals surface area contributed by atoms with Crippen molar-refractivity contribution in [1.82, 2.24) is 24.5 Å². The van der Waals surface area contributed by atoms with E-state index in [0.717, 1.165) is 28.6 Å². The van der Waals surface area contributed by atoms with E-state index in [-0.39, 0.29) is 5.91 Å². The maximum absolute atomic E-state index is 12.0. The summed E-state index contributed by atoms with van der Waals surface area (Å²) in [5.74, 6) is 1.31. The van der Waals surface area contributed by atoms with E-state index < -0.39 is 0 Å². The molecule has 1 amide bonds. The van der Waals surface area contributed by atoms with E-state index in [0.29, 0.717) is 34.8 Å². The summed E-state index contributed by atoms with van der Waals surface area (Å²) in [4.78, 5) is 22.5. The molecule has 1 aliphatic rings. The average Bonchev–Trinajstić information content (AvgIpc) is 3.45. The van der Waals surface area contributed by atoms with E-state index in [1.165, 1.54) is 11.5 Å². The van der Waals surface area contributed by atoms with Crippen LogP contribution in [0.1, 0.15) is 12.8 Å². The third kappa shape index (κ3) is 2.98. The monoisotopic (exact) mass is 411 g/mol. The standard InChI is InChI=1S/C18H14ClN7OS/c19-16-11-9-21-24-12(11)3-4-13(16)22-18-23-17(25-28-18)10-5-6-20-14(8-10)26-7-1-2-15(26)27/h3-6,8-9H,1-2,7H2,(H,21,24)(H,22,23,25). The molecule has 4 aromatic rings. The van der Waals surface area contributed by atoms with Crippen LogP contribution in [0.5, 0.6) is 0 Å². The number of amides is 1. The number of nitrogens with one attached hydrogen (secondary N) is 2. The molecule has 0 spiro atoms. The quantitative estimate of drug-likeness (QED) is 0.526. The minimum atomic E-state index is 0.0996. The van der Waals surface area contributed by atoms with Gasteiger partial charge in [0, 0.05) is 41.6 Å². The smallest absolute Gasteiger partial charge is 0.228 e. The van der Waals surface area contributed by atoms with Crippen LogP contribution in [0, 0.1) is 0 Å². The zero-order valence-corrected chi connectivity index (χ0v) is 16.1. The first-order valence-electron chi connectivity index (χ1n) is 8.68. The molecule has 3 aromatic heterocycles. The molecule has 2 N–H and O–H groups in total. The van der Waals surface area contributed by atoms with Gasteiger partial charge in [-0.15, -0.1) is 0 Å². The molecule has 140 valence electrons. The number of pyridine rings is 1. The Balaban J connectivity index is 1.41. The van der Waals surface area contributed by atoms with Gasteiger partial charge in [0.1, 0.15) is 5.82 Å². The number of fused-ring (bicyclic) bond motifs is 1. The highest BCUT2D eigenvalue weighted by Gasteiger charge is 2.23. The van der Waals surface area contributed by atoms with Gasteiger partial charge >= 0.3 is 0 Å². The number of hydrogen-bond acceptors (Lipinski definition) is 7. The Morgan fingerprint density at radius 3 is 3.07 bits per heavy atom. The van der Waals surface area contributed by atoms with Gasteiger partial charge in [-0.05, 0) is 30.7 Å². The van der Waals surface area contributed by atoms with Gasteiger partial charge in [-0.2, -0.15) is 14.5 Å². The Labute approximate surface area is 168 Å². The number of aromatic nitrogens is 5. The number of halogens is 1. The lowest BCUT2D eigenvalue weighted by molar-refractivity contribution is -0.117. The fourth-order valence-electron chi connectivity index (χ4n) is 3.18. The number of rotatable bonds is 4. The largest absolute Gasteiger partial charge is 0.329 e. The van der Waals surface area contributed by atoms with Crippen molar-refractivity contribution < 1.29 is 4.79 Å². The third-order valence-electron chi connectivity index (χ3n) is 4.58. The molecule has 8 nitrogen and oxygen atoms in total. The van der Waals surface area contributed by atoms with Crippen LogP contribution in [0.4, 0.5) is 16.6 Å². The molecule has 0 bridgehead atoms. The van der Waals surface area contributed by atoms with Crippen LogP contribution in [-0.2, 0) is 4.79 Å². The van der Waals surface area contributed by atoms with E-state index in [4.69, 9.17) is 11.6 Å². The normalized spacial score (nSPS) is 14.2. The van der Waals surface area contributed by atoms with Crippen LogP contribution in [0.25, 0.3) is 22.3 Å². The van der Waals surface area contributed by atoms with Crippen LogP contribution in [0.3, 0.4) is 0 Å². The van der Waals surface area contributed by atoms with Crippen molar-refractivity contribution in [3.8, 4) is 11.4 Å². The van der Waals surface area contributed by atoms with Crippen molar-refractivity contribution in [3.05, 3.63) is 41.7 Å². The molecule has 0 saturated carbocycles. The second-order valence-corrected chi connectivity index (χ2v) is 7.49. The van der Waals surface area contributed by atoms with E-state index in [1.807, 2.05) is 24.3 Å². The van der Waals surface area contributed by atoms with E-state index >= 15 is 0 Å². The van der Waals surface area contributed by atoms with Crippen LogP contribution in [-0.4, -0.2) is 37.0 Å². The summed E-state index contributed by atoms with van der Waals surface area (Å²) in [6.45, 7) is 0.696. The maximum Gasteiger partial charge on any atom is 0.228 e. The molecular weight excluding hydrogens is 398 g/mol. The van der Waals surface area contributed by atoms with Crippen LogP contribution >= 0.6 is 23.1 Å². The van der Waals surface area contributed by atoms with Gasteiger partial charge in [-0.25, -0.2) is 4.98 Å². The molecule has 0 radical (unpaired) electrons. The summed E-state index contributed by atoms with van der Waals surface area (Å²) in [5, 5.41) is 12.1. The van der Waals surface area contributed by atoms with E-state index in [2.05, 4.69) is 29.9 Å². The summed E-state index contributed by atoms with van der Waals surface area (Å²) in [6.07, 6.45) is 4.78. The molecule has 0 aliphatic carbocycles. The summed E-state index contributed by atoms with van der Waals surface area (Å²) in [5.41, 5.74) is 2.41. The minimum absolute atomic E-state index is 0.0996. The molecule has 10 heteroatoms. The highest BCUT2D eigenvalue weighted by atomic mass is 35.5. The lowest BCUT2D eigenvalue weighted by Gasteiger charge is -2.14. The van der Waals surface area contributed by atoms with Crippen molar-refractivity contribution in [2.45, 2.75) is 12.8 Å². The maximum atomic E-state index is 12.0. The number of nitrogens with zero attached hydrogens (tertiary/aromatic N) is 5. The number of aromatic amines is 1. The van der Waals surface area contributed by atoms with Crippen molar-refractivity contribution in [1.29, 1.82) is 0 Å². The summed E-state index contributed by atoms with van der Waals surface area (Å²) in [6, 6.07) is 7.45. The summed E-state index contributed by atoms with van der Waals surface area (Å²) in [7, 11) is 0. The molecule has 1 aromatic carbocycles. The predicted octanol–water partition coefficient (Wildman–Crippen LogP) is 4.00. The predicted molar refractivity (Wildman–Crippen MR) is 109 cm³/mol. The number of anilines is 3. The Morgan fingerprint density at radius 2 is 2.21 bits per heavy atom. The molecule has 1 aliphatic heterocycles. The average molecular weight is 412 g/mol. The fraction of sp³-hybridized carbons (Fsp3) is 0.167. The first-order valence-corrected chi connectivity index (χ1v) is 9.83. The summed E-state index contributed by atoms with van der Waals surface area (Å²) >= 11 is 7.69. The van der Waals surface area contributed by atoms with Crippen molar-refractivity contribution in [3.63, 3.8) is 0 Å². The van der Waals surface area contributed by atoms with Crippen molar-refractivity contribution in [2.24, 2.45) is 0 Å². The second kappa shape index (κ2) is 6.84. The first kappa shape index (κ1) is 17.1. The topological polar surface area (TPSA) is 99.7 Å². The van der Waals surface area contributed by atoms with Crippen molar-refractivity contribution in [2.75, 3.05) is 16.8 Å². The van der Waals surface area contributed by atoms with Gasteiger partial charge in [0.15, 0.2) is 5.82 Å². The van der Waals surface area contributed by atoms with Crippen LogP contribution in [0.15, 0.2) is 36.7 Å². The summed E-state index contributed by atoms with van der Waals surface area (Å²) < 4.78 is 4.43. The van der Waals surface area contributed by atoms with E-state index in [1.54, 1.807) is 17.3 Å². The van der Waals surface area contributed by atoms with Gasteiger partial charge in [-0.1, -0.05) is 11.6 Å². The number of H-pyrrole nitrogens is 1. The van der Waals surface area contributed by atoms with Gasteiger partial charge in [0.2, 0.25) is 11.0 Å². The molecule has 1 saturated heterocycles. The highest BCUT2D eigenvalue weighted by molar-refractivity contribution is 7.10. The lowest BCUT2D eigenvalue weighted by atomic mass is 10.2. The molecule has 0 atom stereocenters. The zero-order chi connectivity index (χ0) is 19.1.